The van der Waals surface area contributed by atoms with Crippen molar-refractivity contribution in [2.75, 3.05) is 0 Å². The molecule has 33 heavy (non-hydrogen) atoms. The number of benzene rings is 2. The van der Waals surface area contributed by atoms with E-state index in [4.69, 9.17) is 0 Å². The van der Waals surface area contributed by atoms with Crippen LogP contribution in [0, 0.1) is 33.5 Å². The molecule has 2 heterocycles. The Labute approximate surface area is 190 Å². The average Bonchev–Trinajstić information content (AvgIpc) is 3.08. The molecule has 7 heteroatoms. The van der Waals surface area contributed by atoms with Gasteiger partial charge in [0, 0.05) is 17.5 Å². The highest BCUT2D eigenvalue weighted by Gasteiger charge is 2.64. The molecule has 1 saturated heterocycles. The summed E-state index contributed by atoms with van der Waals surface area (Å²) in [6.07, 6.45) is -0.951. The Morgan fingerprint density at radius 3 is 2.15 bits per heavy atom. The number of ketones is 1. The number of halogens is 3. The highest BCUT2D eigenvalue weighted by atomic mass is 19.4. The zero-order chi connectivity index (χ0) is 24.2. The summed E-state index contributed by atoms with van der Waals surface area (Å²) < 4.78 is 39.5. The highest BCUT2D eigenvalue weighted by Crippen LogP contribution is 2.60. The monoisotopic (exact) mass is 449 g/mol. The quantitative estimate of drug-likeness (QED) is 0.577. The topological polar surface area (TPSA) is 67.9 Å². The second kappa shape index (κ2) is 7.49. The van der Waals surface area contributed by atoms with Crippen molar-refractivity contribution in [3.8, 4) is 12.1 Å². The summed E-state index contributed by atoms with van der Waals surface area (Å²) in [6, 6.07) is 14.5. The van der Waals surface area contributed by atoms with Crippen molar-refractivity contribution in [1.82, 2.24) is 4.90 Å². The number of hydrogen-bond donors (Lipinski definition) is 0. The van der Waals surface area contributed by atoms with Gasteiger partial charge in [-0.05, 0) is 34.9 Å². The van der Waals surface area contributed by atoms with Gasteiger partial charge in [-0.2, -0.15) is 23.7 Å². The maximum absolute atomic E-state index is 13.7. The fourth-order valence-electron chi connectivity index (χ4n) is 4.99. The van der Waals surface area contributed by atoms with E-state index in [1.807, 2.05) is 30.3 Å². The van der Waals surface area contributed by atoms with Crippen molar-refractivity contribution in [3.05, 3.63) is 77.0 Å². The minimum atomic E-state index is -4.52. The highest BCUT2D eigenvalue weighted by molar-refractivity contribution is 5.91. The summed E-state index contributed by atoms with van der Waals surface area (Å²) in [5.41, 5.74) is -1.38. The minimum absolute atomic E-state index is 0.186. The molecule has 0 spiro atoms. The number of carbonyl (C=O) groups is 1. The number of hydrogen-bond acceptors (Lipinski definition) is 4. The van der Waals surface area contributed by atoms with Gasteiger partial charge in [0.25, 0.3) is 0 Å². The van der Waals surface area contributed by atoms with Crippen LogP contribution in [0.1, 0.15) is 55.0 Å². The zero-order valence-electron chi connectivity index (χ0n) is 18.4. The van der Waals surface area contributed by atoms with Gasteiger partial charge in [-0.15, -0.1) is 0 Å². The largest absolute Gasteiger partial charge is 0.416 e. The lowest BCUT2D eigenvalue weighted by atomic mass is 9.66. The predicted molar refractivity (Wildman–Crippen MR) is 116 cm³/mol. The summed E-state index contributed by atoms with van der Waals surface area (Å²) in [6.45, 7) is 5.28. The second-order valence-electron chi connectivity index (χ2n) is 9.54. The van der Waals surface area contributed by atoms with Crippen LogP contribution in [-0.4, -0.2) is 16.7 Å². The van der Waals surface area contributed by atoms with Crippen molar-refractivity contribution < 1.29 is 18.0 Å². The van der Waals surface area contributed by atoms with Gasteiger partial charge < -0.3 is 4.90 Å². The lowest BCUT2D eigenvalue weighted by Crippen LogP contribution is -2.43. The van der Waals surface area contributed by atoms with Crippen molar-refractivity contribution >= 4 is 11.9 Å². The first-order chi connectivity index (χ1) is 15.5. The van der Waals surface area contributed by atoms with Crippen LogP contribution in [0.3, 0.4) is 0 Å². The van der Waals surface area contributed by atoms with Crippen LogP contribution >= 0.6 is 0 Å². The molecule has 0 amide bonds. The first kappa shape index (κ1) is 22.6. The Bertz CT molecular complexity index is 1200. The van der Waals surface area contributed by atoms with Gasteiger partial charge in [0.2, 0.25) is 0 Å². The van der Waals surface area contributed by atoms with Crippen molar-refractivity contribution in [2.24, 2.45) is 10.8 Å². The molecule has 4 nitrogen and oxygen atoms in total. The predicted octanol–water partition coefficient (Wildman–Crippen LogP) is 5.85. The van der Waals surface area contributed by atoms with Crippen LogP contribution in [0.2, 0.25) is 0 Å². The molecular weight excluding hydrogens is 427 g/mol. The Balaban J connectivity index is 1.98. The fourth-order valence-corrected chi connectivity index (χ4v) is 4.99. The van der Waals surface area contributed by atoms with Gasteiger partial charge in [0.1, 0.15) is 0 Å². The molecule has 0 aliphatic carbocycles. The van der Waals surface area contributed by atoms with Crippen LogP contribution < -0.4 is 0 Å². The average molecular weight is 449 g/mol. The maximum atomic E-state index is 13.7. The van der Waals surface area contributed by atoms with Crippen molar-refractivity contribution in [2.45, 2.75) is 44.9 Å². The van der Waals surface area contributed by atoms with E-state index in [-0.39, 0.29) is 5.78 Å². The summed E-state index contributed by atoms with van der Waals surface area (Å²) >= 11 is 0. The molecule has 4 rings (SSSR count). The normalized spacial score (nSPS) is 23.3. The lowest BCUT2D eigenvalue weighted by molar-refractivity contribution is -0.137. The number of Topliss-reactive ketones (excluding diaryl/α,β-unsaturated/α-hetero) is 1. The Kier molecular flexibility index (Phi) is 5.13. The molecule has 0 N–H and O–H groups in total. The summed E-state index contributed by atoms with van der Waals surface area (Å²) in [7, 11) is 0. The Morgan fingerprint density at radius 1 is 1.00 bits per heavy atom. The van der Waals surface area contributed by atoms with E-state index < -0.39 is 40.6 Å². The van der Waals surface area contributed by atoms with Crippen LogP contribution in [0.4, 0.5) is 13.2 Å². The molecular formula is C26H22F3N3O. The van der Waals surface area contributed by atoms with Gasteiger partial charge in [0.15, 0.2) is 11.2 Å². The third-order valence-electron chi connectivity index (χ3n) is 6.55. The first-order valence-corrected chi connectivity index (χ1v) is 10.5. The van der Waals surface area contributed by atoms with E-state index in [0.29, 0.717) is 5.56 Å². The summed E-state index contributed by atoms with van der Waals surface area (Å²) in [4.78, 5) is 15.4. The van der Waals surface area contributed by atoms with Gasteiger partial charge in [-0.1, -0.05) is 57.2 Å². The van der Waals surface area contributed by atoms with E-state index >= 15 is 0 Å². The van der Waals surface area contributed by atoms with E-state index in [9.17, 15) is 28.5 Å². The lowest BCUT2D eigenvalue weighted by Gasteiger charge is -2.36. The number of nitrogens with zero attached hydrogens (tertiary/aromatic N) is 3. The molecule has 2 aromatic carbocycles. The first-order valence-electron chi connectivity index (χ1n) is 10.5. The van der Waals surface area contributed by atoms with Crippen LogP contribution in [0.15, 0.2) is 54.7 Å². The summed E-state index contributed by atoms with van der Waals surface area (Å²) in [5, 5.41) is 20.8. The van der Waals surface area contributed by atoms with Gasteiger partial charge in [0.05, 0.1) is 29.8 Å². The Hall–Kier alpha value is -3.58. The minimum Gasteiger partial charge on any atom is -0.357 e. The number of carbonyl (C=O) groups excluding carboxylic acids is 1. The van der Waals surface area contributed by atoms with E-state index in [0.717, 1.165) is 23.3 Å². The zero-order valence-corrected chi connectivity index (χ0v) is 18.4. The fraction of sp³-hybridized carbons (Fsp3) is 0.346. The number of nitriles is 2. The molecule has 0 unspecified atom stereocenters. The maximum Gasteiger partial charge on any atom is 0.416 e. The molecule has 2 aromatic rings. The van der Waals surface area contributed by atoms with Crippen molar-refractivity contribution in [1.29, 1.82) is 10.5 Å². The molecule has 0 saturated carbocycles. The molecule has 0 radical (unpaired) electrons. The number of alkyl halides is 3. The van der Waals surface area contributed by atoms with Gasteiger partial charge in [-0.25, -0.2) is 0 Å². The van der Waals surface area contributed by atoms with Crippen molar-refractivity contribution in [3.63, 3.8) is 0 Å². The molecule has 0 aromatic heterocycles. The second-order valence-corrected chi connectivity index (χ2v) is 9.54. The number of fused-ring (bicyclic) bond motifs is 3. The molecule has 3 atom stereocenters. The third-order valence-corrected chi connectivity index (χ3v) is 6.55. The van der Waals surface area contributed by atoms with E-state index in [2.05, 4.69) is 12.1 Å². The van der Waals surface area contributed by atoms with Gasteiger partial charge in [-0.3, -0.25) is 4.79 Å². The molecule has 2 aliphatic heterocycles. The smallest absolute Gasteiger partial charge is 0.357 e. The molecule has 1 fully saturated rings. The summed E-state index contributed by atoms with van der Waals surface area (Å²) in [5.74, 6) is -1.13. The van der Waals surface area contributed by atoms with E-state index in [1.54, 1.807) is 31.9 Å². The standard InChI is InChI=1S/C26H22F3N3O/c1-24(2,3)23(33)21-20(17-8-10-18(11-9-17)26(27,28)29)25(14-30,15-31)22-19-7-5-4-6-16(19)12-13-32(21)22/h4-13,20-22H,1-3H3/t20-,21+,22-/m1/s1. The van der Waals surface area contributed by atoms with Crippen LogP contribution in [-0.2, 0) is 11.0 Å². The van der Waals surface area contributed by atoms with Gasteiger partial charge >= 0.3 is 6.18 Å². The molecule has 168 valence electrons. The van der Waals surface area contributed by atoms with Crippen LogP contribution in [0.5, 0.6) is 0 Å². The molecule has 0 bridgehead atoms. The SMILES string of the molecule is CC(C)(C)C(=O)[C@@H]1[C@@H](c2ccc(C(F)(F)F)cc2)C(C#N)(C#N)[C@H]2c3ccccc3C=CN12. The Morgan fingerprint density at radius 2 is 1.61 bits per heavy atom. The van der Waals surface area contributed by atoms with Crippen LogP contribution in [0.25, 0.3) is 6.08 Å². The third kappa shape index (κ3) is 3.40. The van der Waals surface area contributed by atoms with E-state index in [1.165, 1.54) is 12.1 Å². The molecule has 2 aliphatic rings. The number of rotatable bonds is 2.